The number of hydrogen-bond acceptors (Lipinski definition) is 1. The predicted molar refractivity (Wildman–Crippen MR) is 43.4 cm³/mol. The molecule has 1 heterocycles. The molecular weight excluding hydrogens is 176 g/mol. The Labute approximate surface area is 75.9 Å². The molecule has 1 saturated heterocycles. The second kappa shape index (κ2) is 2.66. The van der Waals surface area contributed by atoms with Gasteiger partial charge in [0.15, 0.2) is 0 Å². The van der Waals surface area contributed by atoms with Gasteiger partial charge < -0.3 is 4.90 Å². The van der Waals surface area contributed by atoms with Crippen LogP contribution < -0.4 is 0 Å². The van der Waals surface area contributed by atoms with E-state index in [2.05, 4.69) is 0 Å². The Morgan fingerprint density at radius 1 is 1.54 bits per heavy atom. The molecule has 0 bridgehead atoms. The molecule has 0 spiro atoms. The van der Waals surface area contributed by atoms with Crippen LogP contribution in [0.5, 0.6) is 0 Å². The van der Waals surface area contributed by atoms with E-state index in [0.29, 0.717) is 5.92 Å². The number of hydrogen-bond donors (Lipinski definition) is 0. The summed E-state index contributed by atoms with van der Waals surface area (Å²) in [5.74, 6) is -2.27. The van der Waals surface area contributed by atoms with Crippen LogP contribution >= 0.6 is 0 Å². The van der Waals surface area contributed by atoms with Crippen molar-refractivity contribution in [2.45, 2.75) is 25.7 Å². The first-order chi connectivity index (χ1) is 5.99. The highest BCUT2D eigenvalue weighted by atomic mass is 19.3. The minimum Gasteiger partial charge on any atom is -0.336 e. The third-order valence-electron chi connectivity index (χ3n) is 2.91. The first-order valence-electron chi connectivity index (χ1n) is 4.66. The highest BCUT2D eigenvalue weighted by molar-refractivity contribution is 5.81. The van der Waals surface area contributed by atoms with E-state index >= 15 is 0 Å². The van der Waals surface area contributed by atoms with E-state index in [0.717, 1.165) is 6.42 Å². The molecule has 2 rings (SSSR count). The maximum Gasteiger partial charge on any atom is 0.267 e. The van der Waals surface area contributed by atoms with Gasteiger partial charge in [-0.3, -0.25) is 4.79 Å². The van der Waals surface area contributed by atoms with Gasteiger partial charge in [0.25, 0.3) is 5.92 Å². The van der Waals surface area contributed by atoms with Gasteiger partial charge in [-0.25, -0.2) is 8.78 Å². The predicted octanol–water partition coefficient (Wildman–Crippen LogP) is 1.51. The number of amides is 1. The monoisotopic (exact) mass is 189 g/mol. The normalized spacial score (nSPS) is 36.4. The minimum absolute atomic E-state index is 0.0360. The van der Waals surface area contributed by atoms with Gasteiger partial charge in [0.2, 0.25) is 5.91 Å². The lowest BCUT2D eigenvalue weighted by molar-refractivity contribution is -0.133. The molecule has 4 heteroatoms. The van der Waals surface area contributed by atoms with Gasteiger partial charge in [-0.05, 0) is 12.3 Å². The summed E-state index contributed by atoms with van der Waals surface area (Å²) in [6.45, 7) is 1.85. The molecule has 1 amide bonds. The summed E-state index contributed by atoms with van der Waals surface area (Å²) >= 11 is 0. The molecule has 2 fully saturated rings. The number of nitrogens with zero attached hydrogens (tertiary/aromatic N) is 1. The Balaban J connectivity index is 1.93. The van der Waals surface area contributed by atoms with Crippen molar-refractivity contribution in [3.63, 3.8) is 0 Å². The highest BCUT2D eigenvalue weighted by Crippen LogP contribution is 2.40. The number of halogens is 2. The van der Waals surface area contributed by atoms with Crippen LogP contribution in [0.1, 0.15) is 19.8 Å². The average Bonchev–Trinajstić information content (AvgIpc) is 2.64. The number of likely N-dealkylation sites (tertiary alicyclic amines) is 1. The first-order valence-corrected chi connectivity index (χ1v) is 4.66. The quantitative estimate of drug-likeness (QED) is 0.612. The number of carbonyl (C=O) groups is 1. The van der Waals surface area contributed by atoms with Crippen LogP contribution in [0.4, 0.5) is 8.78 Å². The van der Waals surface area contributed by atoms with E-state index in [4.69, 9.17) is 0 Å². The van der Waals surface area contributed by atoms with Crippen LogP contribution in [-0.4, -0.2) is 29.8 Å². The molecule has 2 nitrogen and oxygen atoms in total. The lowest BCUT2D eigenvalue weighted by Gasteiger charge is -2.15. The molecular formula is C9H13F2NO. The fraction of sp³-hybridized carbons (Fsp3) is 0.889. The second-order valence-corrected chi connectivity index (χ2v) is 4.19. The van der Waals surface area contributed by atoms with E-state index in [1.54, 1.807) is 0 Å². The van der Waals surface area contributed by atoms with E-state index in [9.17, 15) is 13.6 Å². The van der Waals surface area contributed by atoms with Crippen molar-refractivity contribution in [3.05, 3.63) is 0 Å². The van der Waals surface area contributed by atoms with Crippen LogP contribution in [0, 0.1) is 11.8 Å². The largest absolute Gasteiger partial charge is 0.336 e. The van der Waals surface area contributed by atoms with Crippen LogP contribution in [0.15, 0.2) is 0 Å². The third-order valence-corrected chi connectivity index (χ3v) is 2.91. The minimum atomic E-state index is -2.65. The third kappa shape index (κ3) is 1.67. The van der Waals surface area contributed by atoms with Gasteiger partial charge in [0, 0.05) is 18.9 Å². The van der Waals surface area contributed by atoms with Crippen molar-refractivity contribution in [2.75, 3.05) is 13.1 Å². The zero-order chi connectivity index (χ0) is 9.64. The lowest BCUT2D eigenvalue weighted by atomic mass is 10.3. The van der Waals surface area contributed by atoms with Crippen molar-refractivity contribution in [2.24, 2.45) is 11.8 Å². The van der Waals surface area contributed by atoms with Gasteiger partial charge in [0.1, 0.15) is 0 Å². The van der Waals surface area contributed by atoms with E-state index in [-0.39, 0.29) is 31.3 Å². The summed E-state index contributed by atoms with van der Waals surface area (Å²) in [7, 11) is 0. The number of alkyl halides is 2. The maximum absolute atomic E-state index is 12.7. The zero-order valence-electron chi connectivity index (χ0n) is 7.59. The Morgan fingerprint density at radius 3 is 2.54 bits per heavy atom. The Morgan fingerprint density at radius 2 is 2.15 bits per heavy atom. The van der Waals surface area contributed by atoms with Gasteiger partial charge in [0.05, 0.1) is 6.54 Å². The standard InChI is InChI=1S/C9H13F2NO/c1-6-4-7(6)8(13)12-3-2-9(10,11)5-12/h6-7H,2-5H2,1H3/t6-,7-/m1/s1. The van der Waals surface area contributed by atoms with Gasteiger partial charge in [-0.15, -0.1) is 0 Å². The van der Waals surface area contributed by atoms with Crippen molar-refractivity contribution in [3.8, 4) is 0 Å². The van der Waals surface area contributed by atoms with E-state index in [1.807, 2.05) is 6.92 Å². The summed E-state index contributed by atoms with van der Waals surface area (Å²) in [6, 6.07) is 0. The van der Waals surface area contributed by atoms with Crippen molar-refractivity contribution < 1.29 is 13.6 Å². The Bertz CT molecular complexity index is 242. The maximum atomic E-state index is 12.7. The topological polar surface area (TPSA) is 20.3 Å². The fourth-order valence-corrected chi connectivity index (χ4v) is 1.82. The van der Waals surface area contributed by atoms with Crippen LogP contribution in [-0.2, 0) is 4.79 Å². The summed E-state index contributed by atoms with van der Waals surface area (Å²) in [4.78, 5) is 12.8. The molecule has 2 atom stereocenters. The van der Waals surface area contributed by atoms with Crippen LogP contribution in [0.25, 0.3) is 0 Å². The molecule has 2 aliphatic rings. The molecule has 0 unspecified atom stereocenters. The molecule has 0 aromatic heterocycles. The number of rotatable bonds is 1. The van der Waals surface area contributed by atoms with Gasteiger partial charge >= 0.3 is 0 Å². The molecule has 0 N–H and O–H groups in total. The molecule has 0 aromatic carbocycles. The Hall–Kier alpha value is -0.670. The highest BCUT2D eigenvalue weighted by Gasteiger charge is 2.47. The number of carbonyl (C=O) groups excluding carboxylic acids is 1. The molecule has 1 saturated carbocycles. The molecule has 1 aliphatic heterocycles. The summed E-state index contributed by atoms with van der Waals surface area (Å²) in [5, 5.41) is 0. The summed E-state index contributed by atoms with van der Waals surface area (Å²) in [6.07, 6.45) is 0.709. The smallest absolute Gasteiger partial charge is 0.267 e. The molecule has 13 heavy (non-hydrogen) atoms. The molecule has 74 valence electrons. The van der Waals surface area contributed by atoms with Crippen molar-refractivity contribution in [1.29, 1.82) is 0 Å². The fourth-order valence-electron chi connectivity index (χ4n) is 1.82. The van der Waals surface area contributed by atoms with E-state index in [1.165, 1.54) is 4.90 Å². The second-order valence-electron chi connectivity index (χ2n) is 4.19. The summed E-state index contributed by atoms with van der Waals surface area (Å²) < 4.78 is 25.5. The van der Waals surface area contributed by atoms with Crippen molar-refractivity contribution >= 4 is 5.91 Å². The molecule has 0 radical (unpaired) electrons. The molecule has 0 aromatic rings. The van der Waals surface area contributed by atoms with E-state index < -0.39 is 5.92 Å². The summed E-state index contributed by atoms with van der Waals surface area (Å²) in [5.41, 5.74) is 0. The average molecular weight is 189 g/mol. The zero-order valence-corrected chi connectivity index (χ0v) is 7.59. The van der Waals surface area contributed by atoms with Crippen LogP contribution in [0.3, 0.4) is 0 Å². The lowest BCUT2D eigenvalue weighted by Crippen LogP contribution is -2.32. The van der Waals surface area contributed by atoms with Crippen molar-refractivity contribution in [1.82, 2.24) is 4.90 Å². The van der Waals surface area contributed by atoms with Crippen LogP contribution in [0.2, 0.25) is 0 Å². The molecule has 1 aliphatic carbocycles. The van der Waals surface area contributed by atoms with Gasteiger partial charge in [-0.1, -0.05) is 6.92 Å². The SMILES string of the molecule is C[C@@H]1C[C@H]1C(=O)N1CCC(F)(F)C1. The van der Waals surface area contributed by atoms with Gasteiger partial charge in [-0.2, -0.15) is 0 Å². The first kappa shape index (κ1) is 8.91. The Kier molecular flexibility index (Phi) is 1.82.